The first-order valence-electron chi connectivity index (χ1n) is 4.35. The number of anilines is 1. The Morgan fingerprint density at radius 3 is 2.79 bits per heavy atom. The van der Waals surface area contributed by atoms with Crippen molar-refractivity contribution in [2.75, 3.05) is 11.9 Å². The van der Waals surface area contributed by atoms with E-state index in [0.717, 1.165) is 11.3 Å². The average molecular weight is 191 g/mol. The van der Waals surface area contributed by atoms with Gasteiger partial charge in [-0.1, -0.05) is 12.1 Å². The van der Waals surface area contributed by atoms with Crippen LogP contribution < -0.4 is 10.4 Å². The van der Waals surface area contributed by atoms with Gasteiger partial charge in [-0.25, -0.2) is 0 Å². The second kappa shape index (κ2) is 3.11. The lowest BCUT2D eigenvalue weighted by Gasteiger charge is -2.11. The van der Waals surface area contributed by atoms with E-state index in [0.29, 0.717) is 11.9 Å². The largest absolute Gasteiger partial charge is 0.488 e. The molecule has 2 N–H and O–H groups in total. The molecule has 2 rings (SSSR count). The van der Waals surface area contributed by atoms with Crippen molar-refractivity contribution >= 4 is 24.2 Å². The highest BCUT2D eigenvalue weighted by molar-refractivity contribution is 6.58. The standard InChI is InChI=1S/C9H10BNO3/c1-11-8-5-7(10(13)14)3-2-6(8)4-9(11)12/h2-3,5,13-14H,4H2,1H3. The molecule has 0 spiro atoms. The summed E-state index contributed by atoms with van der Waals surface area (Å²) in [6, 6.07) is 5.01. The monoisotopic (exact) mass is 191 g/mol. The Bertz CT molecular complexity index is 392. The summed E-state index contributed by atoms with van der Waals surface area (Å²) in [6.45, 7) is 0. The van der Waals surface area contributed by atoms with E-state index in [1.807, 2.05) is 0 Å². The molecule has 0 saturated carbocycles. The van der Waals surface area contributed by atoms with Crippen LogP contribution in [0.5, 0.6) is 0 Å². The highest BCUT2D eigenvalue weighted by atomic mass is 16.4. The fourth-order valence-electron chi connectivity index (χ4n) is 1.62. The maximum absolute atomic E-state index is 11.3. The van der Waals surface area contributed by atoms with Crippen molar-refractivity contribution < 1.29 is 14.8 Å². The van der Waals surface area contributed by atoms with Crippen molar-refractivity contribution in [1.82, 2.24) is 0 Å². The van der Waals surface area contributed by atoms with Crippen LogP contribution in [0, 0.1) is 0 Å². The lowest BCUT2D eigenvalue weighted by atomic mass is 9.79. The Morgan fingerprint density at radius 2 is 2.14 bits per heavy atom. The van der Waals surface area contributed by atoms with E-state index in [9.17, 15) is 4.79 Å². The van der Waals surface area contributed by atoms with Crippen molar-refractivity contribution in [3.8, 4) is 0 Å². The third-order valence-corrected chi connectivity index (χ3v) is 2.48. The lowest BCUT2D eigenvalue weighted by molar-refractivity contribution is -0.117. The number of amides is 1. The molecule has 1 aliphatic rings. The molecule has 0 saturated heterocycles. The van der Waals surface area contributed by atoms with Crippen LogP contribution in [-0.4, -0.2) is 30.1 Å². The third-order valence-electron chi connectivity index (χ3n) is 2.48. The van der Waals surface area contributed by atoms with E-state index in [1.54, 1.807) is 25.2 Å². The van der Waals surface area contributed by atoms with E-state index in [-0.39, 0.29) is 5.91 Å². The van der Waals surface area contributed by atoms with Crippen LogP contribution in [-0.2, 0) is 11.2 Å². The summed E-state index contributed by atoms with van der Waals surface area (Å²) < 4.78 is 0. The van der Waals surface area contributed by atoms with Crippen LogP contribution in [0.1, 0.15) is 5.56 Å². The first kappa shape index (κ1) is 9.24. The number of likely N-dealkylation sites (N-methyl/N-ethyl adjacent to an activating group) is 1. The topological polar surface area (TPSA) is 60.8 Å². The molecular formula is C9H10BNO3. The molecule has 0 unspecified atom stereocenters. The van der Waals surface area contributed by atoms with Crippen molar-refractivity contribution in [3.63, 3.8) is 0 Å². The van der Waals surface area contributed by atoms with Gasteiger partial charge < -0.3 is 14.9 Å². The number of fused-ring (bicyclic) bond motifs is 1. The van der Waals surface area contributed by atoms with Gasteiger partial charge >= 0.3 is 7.12 Å². The second-order valence-electron chi connectivity index (χ2n) is 3.39. The van der Waals surface area contributed by atoms with Crippen molar-refractivity contribution in [2.45, 2.75) is 6.42 Å². The van der Waals surface area contributed by atoms with Crippen molar-refractivity contribution in [2.24, 2.45) is 0 Å². The number of nitrogens with zero attached hydrogens (tertiary/aromatic N) is 1. The Labute approximate surface area is 81.9 Å². The van der Waals surface area contributed by atoms with Crippen LogP contribution in [0.15, 0.2) is 18.2 Å². The van der Waals surface area contributed by atoms with Crippen molar-refractivity contribution in [3.05, 3.63) is 23.8 Å². The highest BCUT2D eigenvalue weighted by Gasteiger charge is 2.25. The summed E-state index contributed by atoms with van der Waals surface area (Å²) in [4.78, 5) is 12.8. The number of carbonyl (C=O) groups excluding carboxylic acids is 1. The molecular weight excluding hydrogens is 181 g/mol. The van der Waals surface area contributed by atoms with Gasteiger partial charge in [-0.3, -0.25) is 4.79 Å². The second-order valence-corrected chi connectivity index (χ2v) is 3.39. The molecule has 0 aromatic heterocycles. The molecule has 0 radical (unpaired) electrons. The van der Waals surface area contributed by atoms with Gasteiger partial charge in [-0.05, 0) is 17.1 Å². The summed E-state index contributed by atoms with van der Waals surface area (Å²) in [5.74, 6) is 0.0320. The van der Waals surface area contributed by atoms with Gasteiger partial charge in [0.1, 0.15) is 0 Å². The fraction of sp³-hybridized carbons (Fsp3) is 0.222. The Balaban J connectivity index is 2.46. The molecule has 0 aliphatic carbocycles. The van der Waals surface area contributed by atoms with Gasteiger partial charge in [0.15, 0.2) is 0 Å². The van der Waals surface area contributed by atoms with Crippen LogP contribution in [0.4, 0.5) is 5.69 Å². The average Bonchev–Trinajstić information content (AvgIpc) is 2.43. The minimum absolute atomic E-state index is 0.0320. The molecule has 0 bridgehead atoms. The Hall–Kier alpha value is -1.33. The summed E-state index contributed by atoms with van der Waals surface area (Å²) >= 11 is 0. The van der Waals surface area contributed by atoms with Gasteiger partial charge in [0.25, 0.3) is 0 Å². The normalized spacial score (nSPS) is 14.5. The Kier molecular flexibility index (Phi) is 2.05. The van der Waals surface area contributed by atoms with Gasteiger partial charge in [0.2, 0.25) is 5.91 Å². The number of rotatable bonds is 1. The van der Waals surface area contributed by atoms with Crippen LogP contribution in [0.2, 0.25) is 0 Å². The van der Waals surface area contributed by atoms with E-state index >= 15 is 0 Å². The highest BCUT2D eigenvalue weighted by Crippen LogP contribution is 2.25. The van der Waals surface area contributed by atoms with Crippen LogP contribution >= 0.6 is 0 Å². The summed E-state index contributed by atoms with van der Waals surface area (Å²) in [6.07, 6.45) is 0.396. The van der Waals surface area contributed by atoms with Crippen molar-refractivity contribution in [1.29, 1.82) is 0 Å². The number of carbonyl (C=O) groups is 1. The maximum Gasteiger partial charge on any atom is 0.488 e. The van der Waals surface area contributed by atoms with Gasteiger partial charge in [0.05, 0.1) is 6.42 Å². The zero-order valence-corrected chi connectivity index (χ0v) is 7.77. The molecule has 1 aliphatic heterocycles. The van der Waals surface area contributed by atoms with Crippen LogP contribution in [0.25, 0.3) is 0 Å². The SMILES string of the molecule is CN1C(=O)Cc2ccc(B(O)O)cc21. The molecule has 14 heavy (non-hydrogen) atoms. The maximum atomic E-state index is 11.3. The quantitative estimate of drug-likeness (QED) is 0.553. The van der Waals surface area contributed by atoms with E-state index in [1.165, 1.54) is 4.90 Å². The fourth-order valence-corrected chi connectivity index (χ4v) is 1.62. The summed E-state index contributed by atoms with van der Waals surface area (Å²) in [5.41, 5.74) is 2.10. The third kappa shape index (κ3) is 1.30. The molecule has 1 heterocycles. The van der Waals surface area contributed by atoms with Gasteiger partial charge in [0, 0.05) is 12.7 Å². The molecule has 1 aromatic carbocycles. The molecule has 0 atom stereocenters. The Morgan fingerprint density at radius 1 is 1.43 bits per heavy atom. The van der Waals surface area contributed by atoms with E-state index in [2.05, 4.69) is 0 Å². The zero-order valence-electron chi connectivity index (χ0n) is 7.77. The first-order valence-corrected chi connectivity index (χ1v) is 4.35. The number of hydrogen-bond donors (Lipinski definition) is 2. The summed E-state index contributed by atoms with van der Waals surface area (Å²) in [7, 11) is 0.200. The molecule has 0 fully saturated rings. The van der Waals surface area contributed by atoms with E-state index < -0.39 is 7.12 Å². The molecule has 1 amide bonds. The predicted molar refractivity (Wildman–Crippen MR) is 53.4 cm³/mol. The molecule has 4 nitrogen and oxygen atoms in total. The number of hydrogen-bond acceptors (Lipinski definition) is 3. The molecule has 1 aromatic rings. The van der Waals surface area contributed by atoms with Gasteiger partial charge in [-0.2, -0.15) is 0 Å². The van der Waals surface area contributed by atoms with Gasteiger partial charge in [-0.15, -0.1) is 0 Å². The minimum Gasteiger partial charge on any atom is -0.423 e. The minimum atomic E-state index is -1.48. The van der Waals surface area contributed by atoms with Crippen LogP contribution in [0.3, 0.4) is 0 Å². The summed E-state index contributed by atoms with van der Waals surface area (Å²) in [5, 5.41) is 17.9. The van der Waals surface area contributed by atoms with E-state index in [4.69, 9.17) is 10.0 Å². The smallest absolute Gasteiger partial charge is 0.423 e. The molecule has 72 valence electrons. The first-order chi connectivity index (χ1) is 6.59. The molecule has 5 heteroatoms. The number of benzene rings is 1. The predicted octanol–water partition coefficient (Wildman–Crippen LogP) is -1.11. The lowest BCUT2D eigenvalue weighted by Crippen LogP contribution is -2.30. The zero-order chi connectivity index (χ0) is 10.3.